The Kier molecular flexibility index (Phi) is 6.96. The van der Waals surface area contributed by atoms with Gasteiger partial charge in [-0.15, -0.1) is 0 Å². The Bertz CT molecular complexity index is 1430. The lowest BCUT2D eigenvalue weighted by atomic mass is 9.99. The van der Waals surface area contributed by atoms with Crippen LogP contribution in [0.1, 0.15) is 27.0 Å². The molecule has 0 spiro atoms. The Hall–Kier alpha value is -4.39. The number of nitrogens with one attached hydrogen (secondary N) is 1. The topological polar surface area (TPSA) is 82.0 Å². The molecule has 1 heterocycles. The summed E-state index contributed by atoms with van der Waals surface area (Å²) in [5.74, 6) is 1.10. The van der Waals surface area contributed by atoms with Crippen LogP contribution >= 0.6 is 0 Å². The summed E-state index contributed by atoms with van der Waals surface area (Å²) < 4.78 is 16.2. The Morgan fingerprint density at radius 2 is 1.69 bits per heavy atom. The van der Waals surface area contributed by atoms with Crippen LogP contribution in [-0.2, 0) is 0 Å². The van der Waals surface area contributed by atoms with Gasteiger partial charge in [0.25, 0.3) is 5.91 Å². The molecule has 1 N–H and O–H groups in total. The molecule has 0 aliphatic carbocycles. The zero-order valence-corrected chi connectivity index (χ0v) is 20.4. The van der Waals surface area contributed by atoms with Gasteiger partial charge in [-0.2, -0.15) is 5.10 Å². The number of amides is 1. The summed E-state index contributed by atoms with van der Waals surface area (Å²) in [7, 11) is 4.62. The molecule has 0 radical (unpaired) electrons. The van der Waals surface area contributed by atoms with E-state index in [1.54, 1.807) is 19.2 Å². The Morgan fingerprint density at radius 3 is 2.43 bits per heavy atom. The summed E-state index contributed by atoms with van der Waals surface area (Å²) in [5.41, 5.74) is 8.43. The van der Waals surface area contributed by atoms with Crippen molar-refractivity contribution in [3.63, 3.8) is 0 Å². The number of benzene rings is 3. The fraction of sp³-hybridized carbons (Fsp3) is 0.179. The number of carbonyl (C=O) groups is 1. The molecule has 4 rings (SSSR count). The molecule has 0 bridgehead atoms. The lowest BCUT2D eigenvalue weighted by molar-refractivity contribution is 0.0956. The van der Waals surface area contributed by atoms with E-state index in [0.29, 0.717) is 28.4 Å². The average molecular weight is 470 g/mol. The van der Waals surface area contributed by atoms with Crippen LogP contribution in [0.4, 0.5) is 0 Å². The number of hydrazone groups is 1. The molecule has 0 saturated carbocycles. The molecule has 1 amide bonds. The second-order valence-corrected chi connectivity index (χ2v) is 8.01. The van der Waals surface area contributed by atoms with Gasteiger partial charge < -0.3 is 14.2 Å². The molecule has 0 fully saturated rings. The van der Waals surface area contributed by atoms with Gasteiger partial charge in [0.05, 0.1) is 44.3 Å². The second kappa shape index (κ2) is 10.3. The molecule has 35 heavy (non-hydrogen) atoms. The quantitative estimate of drug-likeness (QED) is 0.293. The molecule has 0 aliphatic rings. The van der Waals surface area contributed by atoms with E-state index in [2.05, 4.69) is 28.7 Å². The van der Waals surface area contributed by atoms with Crippen molar-refractivity contribution >= 4 is 23.0 Å². The highest BCUT2D eigenvalue weighted by Gasteiger charge is 2.16. The molecule has 0 unspecified atom stereocenters. The Morgan fingerprint density at radius 1 is 0.914 bits per heavy atom. The molecule has 7 nitrogen and oxygen atoms in total. The second-order valence-electron chi connectivity index (χ2n) is 8.01. The third-order valence-corrected chi connectivity index (χ3v) is 5.73. The summed E-state index contributed by atoms with van der Waals surface area (Å²) >= 11 is 0. The lowest BCUT2D eigenvalue weighted by Crippen LogP contribution is -2.18. The van der Waals surface area contributed by atoms with Gasteiger partial charge in [0.1, 0.15) is 0 Å². The first-order valence-electron chi connectivity index (χ1n) is 11.1. The van der Waals surface area contributed by atoms with Gasteiger partial charge in [-0.1, -0.05) is 35.9 Å². The molecule has 0 aliphatic heterocycles. The Balaban J connectivity index is 1.69. The molecule has 4 aromatic rings. The van der Waals surface area contributed by atoms with Crippen LogP contribution in [0, 0.1) is 13.8 Å². The van der Waals surface area contributed by atoms with Crippen molar-refractivity contribution in [3.05, 3.63) is 82.9 Å². The molecule has 0 atom stereocenters. The van der Waals surface area contributed by atoms with Crippen LogP contribution in [0.3, 0.4) is 0 Å². The maximum atomic E-state index is 13.2. The highest BCUT2D eigenvalue weighted by atomic mass is 16.5. The van der Waals surface area contributed by atoms with E-state index in [1.807, 2.05) is 44.2 Å². The van der Waals surface area contributed by atoms with Gasteiger partial charge in [-0.25, -0.2) is 10.4 Å². The zero-order chi connectivity index (χ0) is 24.9. The molecule has 0 saturated heterocycles. The fourth-order valence-corrected chi connectivity index (χ4v) is 3.96. The molecule has 7 heteroatoms. The van der Waals surface area contributed by atoms with Crippen molar-refractivity contribution < 1.29 is 19.0 Å². The first-order valence-corrected chi connectivity index (χ1v) is 11.1. The maximum Gasteiger partial charge on any atom is 0.272 e. The molecular formula is C28H27N3O4. The fourth-order valence-electron chi connectivity index (χ4n) is 3.96. The molecule has 3 aromatic carbocycles. The largest absolute Gasteiger partial charge is 0.493 e. The van der Waals surface area contributed by atoms with Gasteiger partial charge in [0.15, 0.2) is 11.5 Å². The monoisotopic (exact) mass is 469 g/mol. The molecule has 178 valence electrons. The van der Waals surface area contributed by atoms with Crippen molar-refractivity contribution in [1.82, 2.24) is 10.4 Å². The van der Waals surface area contributed by atoms with Crippen LogP contribution in [0.25, 0.3) is 22.2 Å². The average Bonchev–Trinajstić information content (AvgIpc) is 2.88. The molecular weight excluding hydrogens is 442 g/mol. The van der Waals surface area contributed by atoms with E-state index in [9.17, 15) is 4.79 Å². The van der Waals surface area contributed by atoms with Crippen molar-refractivity contribution in [2.24, 2.45) is 5.10 Å². The predicted molar refractivity (Wildman–Crippen MR) is 138 cm³/mol. The van der Waals surface area contributed by atoms with Gasteiger partial charge in [0.2, 0.25) is 5.75 Å². The number of rotatable bonds is 7. The van der Waals surface area contributed by atoms with Gasteiger partial charge in [0, 0.05) is 16.5 Å². The van der Waals surface area contributed by atoms with E-state index < -0.39 is 0 Å². The van der Waals surface area contributed by atoms with E-state index in [-0.39, 0.29) is 5.91 Å². The smallest absolute Gasteiger partial charge is 0.272 e. The number of hydrogen-bond acceptors (Lipinski definition) is 6. The van der Waals surface area contributed by atoms with E-state index in [0.717, 1.165) is 33.3 Å². The minimum atomic E-state index is -0.342. The third-order valence-electron chi connectivity index (χ3n) is 5.73. The number of methoxy groups -OCH3 is 3. The zero-order valence-electron chi connectivity index (χ0n) is 20.4. The number of para-hydroxylation sites is 1. The number of nitrogens with zero attached hydrogens (tertiary/aromatic N) is 2. The summed E-state index contributed by atoms with van der Waals surface area (Å²) in [6.07, 6.45) is 1.51. The van der Waals surface area contributed by atoms with Gasteiger partial charge in [-0.3, -0.25) is 4.79 Å². The summed E-state index contributed by atoms with van der Waals surface area (Å²) in [6, 6.07) is 19.1. The normalized spacial score (nSPS) is 11.0. The predicted octanol–water partition coefficient (Wildman–Crippen LogP) is 5.31. The van der Waals surface area contributed by atoms with Crippen molar-refractivity contribution in [2.75, 3.05) is 21.3 Å². The van der Waals surface area contributed by atoms with Crippen LogP contribution < -0.4 is 19.6 Å². The van der Waals surface area contributed by atoms with Crippen molar-refractivity contribution in [1.29, 1.82) is 0 Å². The van der Waals surface area contributed by atoms with E-state index >= 15 is 0 Å². The number of aryl methyl sites for hydroxylation is 2. The first kappa shape index (κ1) is 23.8. The number of aromatic nitrogens is 1. The lowest BCUT2D eigenvalue weighted by Gasteiger charge is -2.13. The highest BCUT2D eigenvalue weighted by Crippen LogP contribution is 2.39. The van der Waals surface area contributed by atoms with Crippen LogP contribution in [0.2, 0.25) is 0 Å². The molecule has 1 aromatic heterocycles. The van der Waals surface area contributed by atoms with Crippen LogP contribution in [0.15, 0.2) is 65.8 Å². The standard InChI is InChI=1S/C28H27N3O4/c1-17-10-11-18(2)21(14-17)24-15-22(20-8-6-7-9-23(20)30-24)28(32)31-29-16-19-12-13-25(33-3)27(35-5)26(19)34-4/h6-16H,1-5H3,(H,31,32). The Labute approximate surface area is 204 Å². The van der Waals surface area contributed by atoms with E-state index in [1.165, 1.54) is 20.4 Å². The summed E-state index contributed by atoms with van der Waals surface area (Å²) in [6.45, 7) is 4.07. The minimum absolute atomic E-state index is 0.342. The highest BCUT2D eigenvalue weighted by molar-refractivity contribution is 6.07. The first-order chi connectivity index (χ1) is 17.0. The third kappa shape index (κ3) is 4.80. The van der Waals surface area contributed by atoms with Crippen LogP contribution in [0.5, 0.6) is 17.2 Å². The number of carbonyl (C=O) groups excluding carboxylic acids is 1. The number of fused-ring (bicyclic) bond motifs is 1. The van der Waals surface area contributed by atoms with Gasteiger partial charge in [-0.05, 0) is 49.7 Å². The number of ether oxygens (including phenoxy) is 3. The number of hydrogen-bond donors (Lipinski definition) is 1. The van der Waals surface area contributed by atoms with E-state index in [4.69, 9.17) is 19.2 Å². The van der Waals surface area contributed by atoms with Crippen molar-refractivity contribution in [2.45, 2.75) is 13.8 Å². The van der Waals surface area contributed by atoms with Crippen molar-refractivity contribution in [3.8, 4) is 28.5 Å². The van der Waals surface area contributed by atoms with Crippen LogP contribution in [-0.4, -0.2) is 38.4 Å². The minimum Gasteiger partial charge on any atom is -0.493 e. The summed E-state index contributed by atoms with van der Waals surface area (Å²) in [5, 5.41) is 4.93. The maximum absolute atomic E-state index is 13.2. The van der Waals surface area contributed by atoms with Gasteiger partial charge >= 0.3 is 0 Å². The SMILES string of the molecule is COc1ccc(C=NNC(=O)c2cc(-c3cc(C)ccc3C)nc3ccccc23)c(OC)c1OC. The number of pyridine rings is 1. The summed E-state index contributed by atoms with van der Waals surface area (Å²) in [4.78, 5) is 18.0.